The van der Waals surface area contributed by atoms with Crippen LogP contribution in [0.4, 0.5) is 5.69 Å². The van der Waals surface area contributed by atoms with Crippen LogP contribution in [0.15, 0.2) is 24.3 Å². The van der Waals surface area contributed by atoms with Gasteiger partial charge < -0.3 is 20.3 Å². The Balaban J connectivity index is 2.45. The topological polar surface area (TPSA) is 87.7 Å². The molecule has 1 aromatic rings. The summed E-state index contributed by atoms with van der Waals surface area (Å²) in [6.07, 6.45) is 3.94. The number of nitrogens with one attached hydrogen (secondary N) is 2. The molecule has 0 bridgehead atoms. The fraction of sp³-hybridized carbons (Fsp3) is 0.571. The third kappa shape index (κ3) is 10.1. The molecule has 0 unspecified atom stereocenters. The van der Waals surface area contributed by atoms with Crippen molar-refractivity contribution in [2.45, 2.75) is 46.0 Å². The largest absolute Gasteiger partial charge is 0.385 e. The molecule has 3 amide bonds. The summed E-state index contributed by atoms with van der Waals surface area (Å²) in [7, 11) is 1.60. The first-order valence-electron chi connectivity index (χ1n) is 9.86. The van der Waals surface area contributed by atoms with E-state index in [9.17, 15) is 14.4 Å². The summed E-state index contributed by atoms with van der Waals surface area (Å²) in [6.45, 7) is 4.85. The smallest absolute Gasteiger partial charge is 0.243 e. The van der Waals surface area contributed by atoms with E-state index in [2.05, 4.69) is 17.6 Å². The van der Waals surface area contributed by atoms with E-state index in [0.717, 1.165) is 24.8 Å². The van der Waals surface area contributed by atoms with Crippen molar-refractivity contribution in [1.82, 2.24) is 10.2 Å². The monoisotopic (exact) mass is 391 g/mol. The highest BCUT2D eigenvalue weighted by Crippen LogP contribution is 2.08. The molecular weight excluding hydrogens is 358 g/mol. The average molecular weight is 392 g/mol. The molecule has 0 aliphatic heterocycles. The number of amides is 3. The molecule has 0 atom stereocenters. The highest BCUT2D eigenvalue weighted by atomic mass is 16.5. The molecule has 7 nitrogen and oxygen atoms in total. The van der Waals surface area contributed by atoms with Crippen molar-refractivity contribution in [3.63, 3.8) is 0 Å². The number of unbranched alkanes of at least 4 members (excludes halogenated alkanes) is 2. The number of anilines is 1. The van der Waals surface area contributed by atoms with Crippen molar-refractivity contribution in [1.29, 1.82) is 0 Å². The van der Waals surface area contributed by atoms with Gasteiger partial charge in [-0.3, -0.25) is 14.4 Å². The van der Waals surface area contributed by atoms with Crippen LogP contribution in [0.2, 0.25) is 0 Å². The first-order valence-corrected chi connectivity index (χ1v) is 9.86. The molecule has 0 heterocycles. The van der Waals surface area contributed by atoms with Gasteiger partial charge in [-0.05, 0) is 31.9 Å². The minimum Gasteiger partial charge on any atom is -0.385 e. The lowest BCUT2D eigenvalue weighted by Crippen LogP contribution is -2.43. The SMILES string of the molecule is CCCCCC(=O)N(CCCOC)CC(=O)NCC(=O)Nc1ccc(C)cc1. The second kappa shape index (κ2) is 13.7. The van der Waals surface area contributed by atoms with Gasteiger partial charge in [-0.25, -0.2) is 0 Å². The first kappa shape index (κ1) is 23.6. The zero-order valence-electron chi connectivity index (χ0n) is 17.3. The molecule has 0 aliphatic carbocycles. The molecule has 0 aliphatic rings. The second-order valence-electron chi connectivity index (χ2n) is 6.81. The minimum absolute atomic E-state index is 0.0381. The van der Waals surface area contributed by atoms with Gasteiger partial charge in [0.05, 0.1) is 13.1 Å². The molecule has 7 heteroatoms. The molecule has 0 aromatic heterocycles. The number of carbonyl (C=O) groups excluding carboxylic acids is 3. The van der Waals surface area contributed by atoms with E-state index < -0.39 is 0 Å². The number of aryl methyl sites for hydroxylation is 1. The number of methoxy groups -OCH3 is 1. The Morgan fingerprint density at radius 1 is 1.04 bits per heavy atom. The molecular formula is C21H33N3O4. The highest BCUT2D eigenvalue weighted by molar-refractivity contribution is 5.95. The standard InChI is InChI=1S/C21H33N3O4/c1-4-5-6-8-21(27)24(13-7-14-28-3)16-20(26)22-15-19(25)23-18-11-9-17(2)10-12-18/h9-12H,4-8,13-16H2,1-3H3,(H,22,26)(H,23,25). The summed E-state index contributed by atoms with van der Waals surface area (Å²) >= 11 is 0. The van der Waals surface area contributed by atoms with Crippen LogP contribution in [0.25, 0.3) is 0 Å². The van der Waals surface area contributed by atoms with Crippen LogP contribution in [0.5, 0.6) is 0 Å². The molecule has 1 aromatic carbocycles. The van der Waals surface area contributed by atoms with Gasteiger partial charge in [0, 0.05) is 32.4 Å². The Kier molecular flexibility index (Phi) is 11.6. The van der Waals surface area contributed by atoms with E-state index >= 15 is 0 Å². The zero-order chi connectivity index (χ0) is 20.8. The highest BCUT2D eigenvalue weighted by Gasteiger charge is 2.17. The molecule has 2 N–H and O–H groups in total. The zero-order valence-corrected chi connectivity index (χ0v) is 17.3. The third-order valence-corrected chi connectivity index (χ3v) is 4.24. The van der Waals surface area contributed by atoms with Crippen LogP contribution < -0.4 is 10.6 Å². The van der Waals surface area contributed by atoms with E-state index in [4.69, 9.17) is 4.74 Å². The van der Waals surface area contributed by atoms with Crippen LogP contribution in [0.1, 0.15) is 44.6 Å². The summed E-state index contributed by atoms with van der Waals surface area (Å²) < 4.78 is 5.03. The van der Waals surface area contributed by atoms with Crippen molar-refractivity contribution >= 4 is 23.4 Å². The van der Waals surface area contributed by atoms with E-state index in [-0.39, 0.29) is 30.8 Å². The summed E-state index contributed by atoms with van der Waals surface area (Å²) in [5.74, 6) is -0.693. The van der Waals surface area contributed by atoms with Crippen LogP contribution in [0.3, 0.4) is 0 Å². The van der Waals surface area contributed by atoms with Crippen molar-refractivity contribution in [3.8, 4) is 0 Å². The van der Waals surface area contributed by atoms with Crippen molar-refractivity contribution in [3.05, 3.63) is 29.8 Å². The number of nitrogens with zero attached hydrogens (tertiary/aromatic N) is 1. The Morgan fingerprint density at radius 3 is 2.39 bits per heavy atom. The Morgan fingerprint density at radius 2 is 1.75 bits per heavy atom. The Hall–Kier alpha value is -2.41. The Labute approximate surface area is 167 Å². The quantitative estimate of drug-likeness (QED) is 0.506. The van der Waals surface area contributed by atoms with Crippen molar-refractivity contribution in [2.75, 3.05) is 38.7 Å². The summed E-state index contributed by atoms with van der Waals surface area (Å²) in [5.41, 5.74) is 1.78. The van der Waals surface area contributed by atoms with Crippen LogP contribution in [-0.2, 0) is 19.1 Å². The van der Waals surface area contributed by atoms with Gasteiger partial charge in [0.1, 0.15) is 0 Å². The maximum Gasteiger partial charge on any atom is 0.243 e. The Bertz CT molecular complexity index is 617. The lowest BCUT2D eigenvalue weighted by Gasteiger charge is -2.22. The summed E-state index contributed by atoms with van der Waals surface area (Å²) in [4.78, 5) is 38.1. The molecule has 0 spiro atoms. The van der Waals surface area contributed by atoms with Gasteiger partial charge in [-0.2, -0.15) is 0 Å². The molecule has 28 heavy (non-hydrogen) atoms. The van der Waals surface area contributed by atoms with E-state index in [1.807, 2.05) is 31.2 Å². The number of rotatable bonds is 13. The normalized spacial score (nSPS) is 10.4. The van der Waals surface area contributed by atoms with Gasteiger partial charge in [-0.15, -0.1) is 0 Å². The maximum atomic E-state index is 12.4. The van der Waals surface area contributed by atoms with Crippen LogP contribution >= 0.6 is 0 Å². The summed E-state index contributed by atoms with van der Waals surface area (Å²) in [5, 5.41) is 5.31. The lowest BCUT2D eigenvalue weighted by atomic mass is 10.2. The third-order valence-electron chi connectivity index (χ3n) is 4.24. The van der Waals surface area contributed by atoms with E-state index in [1.165, 1.54) is 0 Å². The number of benzene rings is 1. The van der Waals surface area contributed by atoms with E-state index in [1.54, 1.807) is 12.0 Å². The maximum absolute atomic E-state index is 12.4. The average Bonchev–Trinajstić information content (AvgIpc) is 2.67. The van der Waals surface area contributed by atoms with Gasteiger partial charge in [0.2, 0.25) is 17.7 Å². The lowest BCUT2D eigenvalue weighted by molar-refractivity contribution is -0.136. The second-order valence-corrected chi connectivity index (χ2v) is 6.81. The number of hydrogen-bond acceptors (Lipinski definition) is 4. The fourth-order valence-corrected chi connectivity index (χ4v) is 2.63. The van der Waals surface area contributed by atoms with Gasteiger partial charge in [0.25, 0.3) is 0 Å². The van der Waals surface area contributed by atoms with E-state index in [0.29, 0.717) is 31.7 Å². The molecule has 156 valence electrons. The fourth-order valence-electron chi connectivity index (χ4n) is 2.63. The number of ether oxygens (including phenoxy) is 1. The molecule has 1 rings (SSSR count). The van der Waals surface area contributed by atoms with Crippen molar-refractivity contribution in [2.24, 2.45) is 0 Å². The van der Waals surface area contributed by atoms with Crippen molar-refractivity contribution < 1.29 is 19.1 Å². The predicted molar refractivity (Wildman–Crippen MR) is 110 cm³/mol. The number of hydrogen-bond donors (Lipinski definition) is 2. The molecule has 0 saturated heterocycles. The minimum atomic E-state index is -0.347. The molecule has 0 radical (unpaired) electrons. The predicted octanol–water partition coefficient (Wildman–Crippen LogP) is 2.50. The van der Waals surface area contributed by atoms with Crippen LogP contribution in [-0.4, -0.2) is 56.0 Å². The first-order chi connectivity index (χ1) is 13.5. The van der Waals surface area contributed by atoms with Gasteiger partial charge in [-0.1, -0.05) is 37.5 Å². The molecule has 0 saturated carbocycles. The summed E-state index contributed by atoms with van der Waals surface area (Å²) in [6, 6.07) is 7.41. The number of carbonyl (C=O) groups is 3. The van der Waals surface area contributed by atoms with Gasteiger partial charge in [0.15, 0.2) is 0 Å². The van der Waals surface area contributed by atoms with Gasteiger partial charge >= 0.3 is 0 Å². The van der Waals surface area contributed by atoms with Crippen LogP contribution in [0, 0.1) is 6.92 Å². The molecule has 0 fully saturated rings.